The van der Waals surface area contributed by atoms with Gasteiger partial charge in [0.05, 0.1) is 0 Å². The maximum Gasteiger partial charge on any atom is 0.261 e. The van der Waals surface area contributed by atoms with E-state index in [1.807, 2.05) is 47.0 Å². The van der Waals surface area contributed by atoms with Gasteiger partial charge in [-0.05, 0) is 30.7 Å². The van der Waals surface area contributed by atoms with Crippen molar-refractivity contribution in [3.05, 3.63) is 42.5 Å². The first kappa shape index (κ1) is 18.5. The van der Waals surface area contributed by atoms with Crippen LogP contribution >= 0.6 is 0 Å². The van der Waals surface area contributed by atoms with Crippen molar-refractivity contribution in [2.75, 3.05) is 37.7 Å². The van der Waals surface area contributed by atoms with Gasteiger partial charge in [0.2, 0.25) is 5.91 Å². The molecular weight excluding hydrogens is 358 g/mol. The molecule has 1 aromatic carbocycles. The third kappa shape index (κ3) is 3.73. The van der Waals surface area contributed by atoms with Gasteiger partial charge in [0.15, 0.2) is 6.61 Å². The Morgan fingerprint density at radius 3 is 2.79 bits per heavy atom. The number of carbonyl (C=O) groups excluding carboxylic acids is 2. The van der Waals surface area contributed by atoms with Crippen LogP contribution in [-0.2, 0) is 16.6 Å². The predicted molar refractivity (Wildman–Crippen MR) is 104 cm³/mol. The molecule has 148 valence electrons. The van der Waals surface area contributed by atoms with Crippen LogP contribution in [0, 0.1) is 0 Å². The van der Waals surface area contributed by atoms with Crippen LogP contribution in [-0.4, -0.2) is 59.1 Å². The van der Waals surface area contributed by atoms with Gasteiger partial charge in [0, 0.05) is 57.7 Å². The quantitative estimate of drug-likeness (QED) is 0.836. The molecule has 2 amide bonds. The topological polar surface area (TPSA) is 79.7 Å². The molecule has 0 bridgehead atoms. The molecule has 0 saturated carbocycles. The fourth-order valence-corrected chi connectivity index (χ4v) is 3.80. The molecule has 4 rings (SSSR count). The monoisotopic (exact) mass is 383 g/mol. The minimum absolute atomic E-state index is 0.0249. The number of hydrogen-bond acceptors (Lipinski definition) is 5. The van der Waals surface area contributed by atoms with Gasteiger partial charge in [0.1, 0.15) is 17.6 Å². The lowest BCUT2D eigenvalue weighted by Gasteiger charge is -2.35. The summed E-state index contributed by atoms with van der Waals surface area (Å²) in [5, 5.41) is 3.33. The second-order valence-corrected chi connectivity index (χ2v) is 7.13. The Hall–Kier alpha value is -2.87. The Morgan fingerprint density at radius 2 is 2.11 bits per heavy atom. The number of hydrogen-bond donors (Lipinski definition) is 1. The highest BCUT2D eigenvalue weighted by Gasteiger charge is 2.30. The summed E-state index contributed by atoms with van der Waals surface area (Å²) in [6.45, 7) is 2.79. The van der Waals surface area contributed by atoms with Crippen molar-refractivity contribution in [3.8, 4) is 5.75 Å². The van der Waals surface area contributed by atoms with Gasteiger partial charge in [0.25, 0.3) is 5.91 Å². The second kappa shape index (κ2) is 8.02. The summed E-state index contributed by atoms with van der Waals surface area (Å²) < 4.78 is 7.66. The van der Waals surface area contributed by atoms with E-state index in [0.717, 1.165) is 31.0 Å². The number of rotatable bonds is 5. The molecule has 1 unspecified atom stereocenters. The van der Waals surface area contributed by atoms with Crippen molar-refractivity contribution in [3.63, 3.8) is 0 Å². The fraction of sp³-hybridized carbons (Fsp3) is 0.450. The molecule has 2 saturated heterocycles. The summed E-state index contributed by atoms with van der Waals surface area (Å²) in [5.74, 6) is 1.57. The Morgan fingerprint density at radius 1 is 1.29 bits per heavy atom. The van der Waals surface area contributed by atoms with Crippen LogP contribution in [0.4, 0.5) is 5.69 Å². The van der Waals surface area contributed by atoms with E-state index < -0.39 is 0 Å². The predicted octanol–water partition coefficient (Wildman–Crippen LogP) is 1.10. The van der Waals surface area contributed by atoms with Crippen molar-refractivity contribution in [2.24, 2.45) is 7.05 Å². The fourth-order valence-electron chi connectivity index (χ4n) is 3.80. The van der Waals surface area contributed by atoms with Crippen LogP contribution in [0.25, 0.3) is 0 Å². The highest BCUT2D eigenvalue weighted by Crippen LogP contribution is 2.24. The molecule has 2 aliphatic rings. The highest BCUT2D eigenvalue weighted by atomic mass is 16.5. The zero-order valence-corrected chi connectivity index (χ0v) is 16.0. The van der Waals surface area contributed by atoms with Crippen molar-refractivity contribution in [2.45, 2.75) is 18.9 Å². The molecule has 1 N–H and O–H groups in total. The molecule has 2 aliphatic heterocycles. The number of anilines is 1. The summed E-state index contributed by atoms with van der Waals surface area (Å²) in [6.07, 6.45) is 5.13. The number of carbonyl (C=O) groups is 2. The molecule has 2 fully saturated rings. The van der Waals surface area contributed by atoms with Gasteiger partial charge in [-0.25, -0.2) is 4.98 Å². The Balaban J connectivity index is 1.38. The van der Waals surface area contributed by atoms with E-state index in [4.69, 9.17) is 4.74 Å². The number of amides is 2. The number of ether oxygens (including phenoxy) is 1. The summed E-state index contributed by atoms with van der Waals surface area (Å²) in [7, 11) is 1.93. The molecule has 8 heteroatoms. The van der Waals surface area contributed by atoms with Gasteiger partial charge in [-0.2, -0.15) is 0 Å². The molecule has 3 heterocycles. The molecule has 0 spiro atoms. The first-order chi connectivity index (χ1) is 13.6. The number of benzene rings is 1. The van der Waals surface area contributed by atoms with Gasteiger partial charge in [-0.3, -0.25) is 9.59 Å². The van der Waals surface area contributed by atoms with Gasteiger partial charge in [-0.15, -0.1) is 0 Å². The molecule has 8 nitrogen and oxygen atoms in total. The zero-order chi connectivity index (χ0) is 19.5. The van der Waals surface area contributed by atoms with E-state index in [-0.39, 0.29) is 24.5 Å². The number of nitrogens with one attached hydrogen (secondary N) is 1. The number of aryl methyl sites for hydroxylation is 1. The maximum atomic E-state index is 12.8. The number of aromatic nitrogens is 2. The summed E-state index contributed by atoms with van der Waals surface area (Å²) in [5.41, 5.74) is 0.873. The van der Waals surface area contributed by atoms with Crippen LogP contribution in [0.15, 0.2) is 36.7 Å². The number of imidazole rings is 1. The van der Waals surface area contributed by atoms with Crippen LogP contribution in [0.2, 0.25) is 0 Å². The van der Waals surface area contributed by atoms with E-state index >= 15 is 0 Å². The molecule has 28 heavy (non-hydrogen) atoms. The van der Waals surface area contributed by atoms with E-state index in [1.54, 1.807) is 11.1 Å². The smallest absolute Gasteiger partial charge is 0.261 e. The van der Waals surface area contributed by atoms with Crippen molar-refractivity contribution < 1.29 is 14.3 Å². The van der Waals surface area contributed by atoms with Crippen molar-refractivity contribution in [1.29, 1.82) is 0 Å². The van der Waals surface area contributed by atoms with Gasteiger partial charge in [-0.1, -0.05) is 0 Å². The molecule has 1 aromatic heterocycles. The van der Waals surface area contributed by atoms with Crippen molar-refractivity contribution >= 4 is 17.5 Å². The summed E-state index contributed by atoms with van der Waals surface area (Å²) in [4.78, 5) is 32.6. The summed E-state index contributed by atoms with van der Waals surface area (Å²) in [6, 6.07) is 7.24. The third-order valence-corrected chi connectivity index (χ3v) is 5.30. The van der Waals surface area contributed by atoms with Crippen LogP contribution in [0.3, 0.4) is 0 Å². The normalized spacial score (nSPS) is 19.9. The molecular formula is C20H25N5O3. The zero-order valence-electron chi connectivity index (χ0n) is 16.0. The lowest BCUT2D eigenvalue weighted by Crippen LogP contribution is -2.50. The molecule has 2 aromatic rings. The minimum Gasteiger partial charge on any atom is -0.484 e. The van der Waals surface area contributed by atoms with Gasteiger partial charge >= 0.3 is 0 Å². The standard InChI is InChI=1S/C20H25N5O3/c1-23-11-9-22-20(23)17-13-21-8-12-25(17)19(27)14-28-16-6-4-15(5-7-16)24-10-2-3-18(24)26/h4-7,9,11,17,21H,2-3,8,10,12-14H2,1H3. The molecule has 0 radical (unpaired) electrons. The first-order valence-corrected chi connectivity index (χ1v) is 9.64. The average molecular weight is 383 g/mol. The maximum absolute atomic E-state index is 12.8. The first-order valence-electron chi connectivity index (χ1n) is 9.64. The van der Waals surface area contributed by atoms with E-state index in [9.17, 15) is 9.59 Å². The molecule has 1 atom stereocenters. The second-order valence-electron chi connectivity index (χ2n) is 7.13. The lowest BCUT2D eigenvalue weighted by atomic mass is 10.1. The Bertz CT molecular complexity index is 848. The van der Waals surface area contributed by atoms with E-state index in [0.29, 0.717) is 25.3 Å². The van der Waals surface area contributed by atoms with Gasteiger partial charge < -0.3 is 24.4 Å². The van der Waals surface area contributed by atoms with Crippen LogP contribution in [0.1, 0.15) is 24.7 Å². The Kier molecular flexibility index (Phi) is 5.29. The van der Waals surface area contributed by atoms with E-state index in [1.165, 1.54) is 0 Å². The average Bonchev–Trinajstić information content (AvgIpc) is 3.34. The van der Waals surface area contributed by atoms with Crippen molar-refractivity contribution in [1.82, 2.24) is 19.8 Å². The lowest BCUT2D eigenvalue weighted by molar-refractivity contribution is -0.137. The van der Waals surface area contributed by atoms with Crippen LogP contribution in [0.5, 0.6) is 5.75 Å². The highest BCUT2D eigenvalue weighted by molar-refractivity contribution is 5.95. The SMILES string of the molecule is Cn1ccnc1C1CNCCN1C(=O)COc1ccc(N2CCCC2=O)cc1. The summed E-state index contributed by atoms with van der Waals surface area (Å²) >= 11 is 0. The van der Waals surface area contributed by atoms with E-state index in [2.05, 4.69) is 10.3 Å². The minimum atomic E-state index is -0.103. The largest absolute Gasteiger partial charge is 0.484 e. The number of nitrogens with zero attached hydrogens (tertiary/aromatic N) is 4. The Labute approximate surface area is 164 Å². The molecule has 0 aliphatic carbocycles. The number of piperazine rings is 1. The third-order valence-electron chi connectivity index (χ3n) is 5.30. The van der Waals surface area contributed by atoms with Crippen LogP contribution < -0.4 is 15.0 Å².